The lowest BCUT2D eigenvalue weighted by Crippen LogP contribution is -2.43. The average Bonchev–Trinajstić information content (AvgIpc) is 2.67. The van der Waals surface area contributed by atoms with Crippen LogP contribution in [0.15, 0.2) is 54.6 Å². The van der Waals surface area contributed by atoms with E-state index in [1.54, 1.807) is 0 Å². The average molecular weight is 362 g/mol. The number of amides is 1. The fourth-order valence-electron chi connectivity index (χ4n) is 3.63. The highest BCUT2D eigenvalue weighted by molar-refractivity contribution is 5.69. The van der Waals surface area contributed by atoms with Crippen molar-refractivity contribution in [3.8, 4) is 6.07 Å². The zero-order valence-electron chi connectivity index (χ0n) is 16.2. The molecule has 1 saturated heterocycles. The minimum atomic E-state index is -0.525. The molecule has 0 spiro atoms. The maximum atomic E-state index is 12.8. The highest BCUT2D eigenvalue weighted by Gasteiger charge is 2.35. The van der Waals surface area contributed by atoms with Crippen molar-refractivity contribution in [2.24, 2.45) is 0 Å². The molecular weight excluding hydrogens is 336 g/mol. The molecule has 1 aliphatic heterocycles. The van der Waals surface area contributed by atoms with Gasteiger partial charge in [-0.25, -0.2) is 4.79 Å². The summed E-state index contributed by atoms with van der Waals surface area (Å²) in [4.78, 5) is 14.7. The second-order valence-corrected chi connectivity index (χ2v) is 8.06. The molecule has 0 radical (unpaired) electrons. The molecule has 4 nitrogen and oxygen atoms in total. The number of carbonyl (C=O) groups is 1. The van der Waals surface area contributed by atoms with Gasteiger partial charge in [0.2, 0.25) is 0 Å². The van der Waals surface area contributed by atoms with E-state index in [1.807, 2.05) is 56.0 Å². The number of ether oxygens (including phenoxy) is 1. The third kappa shape index (κ3) is 4.68. The summed E-state index contributed by atoms with van der Waals surface area (Å²) < 4.78 is 5.65. The molecule has 0 N–H and O–H groups in total. The Balaban J connectivity index is 1.88. The van der Waals surface area contributed by atoms with Crippen LogP contribution in [0.4, 0.5) is 4.79 Å². The van der Waals surface area contributed by atoms with E-state index in [1.165, 1.54) is 5.56 Å². The van der Waals surface area contributed by atoms with Crippen molar-refractivity contribution in [1.82, 2.24) is 4.90 Å². The molecule has 0 unspecified atom stereocenters. The predicted molar refractivity (Wildman–Crippen MR) is 105 cm³/mol. The molecule has 2 atom stereocenters. The number of nitriles is 1. The second kappa shape index (κ2) is 7.84. The van der Waals surface area contributed by atoms with Crippen LogP contribution in [-0.2, 0) is 4.74 Å². The van der Waals surface area contributed by atoms with E-state index in [0.717, 1.165) is 18.4 Å². The van der Waals surface area contributed by atoms with Gasteiger partial charge in [0.1, 0.15) is 5.60 Å². The molecule has 27 heavy (non-hydrogen) atoms. The van der Waals surface area contributed by atoms with Crippen molar-refractivity contribution in [3.05, 3.63) is 71.3 Å². The van der Waals surface area contributed by atoms with Gasteiger partial charge in [0.15, 0.2) is 0 Å². The summed E-state index contributed by atoms with van der Waals surface area (Å²) in [6.45, 7) is 6.31. The van der Waals surface area contributed by atoms with Crippen LogP contribution in [-0.4, -0.2) is 23.1 Å². The smallest absolute Gasteiger partial charge is 0.410 e. The summed E-state index contributed by atoms with van der Waals surface area (Å²) in [5.41, 5.74) is 2.45. The molecule has 4 heteroatoms. The van der Waals surface area contributed by atoms with Gasteiger partial charge in [-0.1, -0.05) is 42.5 Å². The van der Waals surface area contributed by atoms with Crippen molar-refractivity contribution in [3.63, 3.8) is 0 Å². The minimum Gasteiger partial charge on any atom is -0.444 e. The van der Waals surface area contributed by atoms with Crippen molar-refractivity contribution >= 4 is 6.09 Å². The Hall–Kier alpha value is -2.80. The van der Waals surface area contributed by atoms with Crippen molar-refractivity contribution in [2.75, 3.05) is 6.54 Å². The highest BCUT2D eigenvalue weighted by atomic mass is 16.6. The van der Waals surface area contributed by atoms with Gasteiger partial charge in [-0.05, 0) is 62.8 Å². The normalized spacial score (nSPS) is 20.0. The van der Waals surface area contributed by atoms with E-state index in [9.17, 15) is 4.79 Å². The number of piperidine rings is 1. The molecular formula is C23H26N2O2. The Morgan fingerprint density at radius 2 is 1.74 bits per heavy atom. The van der Waals surface area contributed by atoms with Crippen LogP contribution in [0.1, 0.15) is 62.3 Å². The van der Waals surface area contributed by atoms with E-state index < -0.39 is 5.60 Å². The Morgan fingerprint density at radius 1 is 1.07 bits per heavy atom. The Morgan fingerprint density at radius 3 is 2.33 bits per heavy atom. The van der Waals surface area contributed by atoms with Gasteiger partial charge in [0.05, 0.1) is 17.7 Å². The van der Waals surface area contributed by atoms with E-state index in [-0.39, 0.29) is 12.1 Å². The first-order valence-electron chi connectivity index (χ1n) is 9.42. The van der Waals surface area contributed by atoms with Crippen LogP contribution in [0.25, 0.3) is 0 Å². The van der Waals surface area contributed by atoms with Gasteiger partial charge >= 0.3 is 6.09 Å². The first-order valence-corrected chi connectivity index (χ1v) is 9.42. The third-order valence-corrected chi connectivity index (χ3v) is 4.93. The molecule has 1 fully saturated rings. The fourth-order valence-corrected chi connectivity index (χ4v) is 3.63. The molecule has 3 rings (SSSR count). The standard InChI is InChI=1S/C23H26N2O2/c1-23(2,3)27-22(26)25-14-13-20(18-7-5-4-6-8-18)15-21(25)19-11-9-17(16-24)10-12-19/h4-12,20-21H,13-15H2,1-3H3/t20-,21+/m1/s1. The molecule has 1 heterocycles. The van der Waals surface area contributed by atoms with Crippen LogP contribution in [0, 0.1) is 11.3 Å². The first-order chi connectivity index (χ1) is 12.9. The zero-order valence-corrected chi connectivity index (χ0v) is 16.2. The maximum absolute atomic E-state index is 12.8. The van der Waals surface area contributed by atoms with Crippen LogP contribution in [0.3, 0.4) is 0 Å². The molecule has 0 aliphatic carbocycles. The minimum absolute atomic E-state index is 0.0634. The van der Waals surface area contributed by atoms with E-state index in [0.29, 0.717) is 18.0 Å². The highest BCUT2D eigenvalue weighted by Crippen LogP contribution is 2.40. The number of rotatable bonds is 2. The number of carbonyl (C=O) groups excluding carboxylic acids is 1. The van der Waals surface area contributed by atoms with Crippen molar-refractivity contribution in [1.29, 1.82) is 5.26 Å². The van der Waals surface area contributed by atoms with E-state index in [4.69, 9.17) is 10.00 Å². The molecule has 140 valence electrons. The van der Waals surface area contributed by atoms with Gasteiger partial charge in [0, 0.05) is 6.54 Å². The Labute approximate surface area is 161 Å². The number of hydrogen-bond donors (Lipinski definition) is 0. The molecule has 0 saturated carbocycles. The first kappa shape index (κ1) is 19.0. The Bertz CT molecular complexity index is 816. The second-order valence-electron chi connectivity index (χ2n) is 8.06. The quantitative estimate of drug-likeness (QED) is 0.717. The van der Waals surface area contributed by atoms with Gasteiger partial charge in [-0.2, -0.15) is 5.26 Å². The number of hydrogen-bond acceptors (Lipinski definition) is 3. The number of nitrogens with zero attached hydrogens (tertiary/aromatic N) is 2. The van der Waals surface area contributed by atoms with Crippen molar-refractivity contribution < 1.29 is 9.53 Å². The number of benzene rings is 2. The summed E-state index contributed by atoms with van der Waals surface area (Å²) >= 11 is 0. The lowest BCUT2D eigenvalue weighted by Gasteiger charge is -2.40. The van der Waals surface area contributed by atoms with Gasteiger partial charge in [0.25, 0.3) is 0 Å². The van der Waals surface area contributed by atoms with E-state index >= 15 is 0 Å². The fraction of sp³-hybridized carbons (Fsp3) is 0.391. The van der Waals surface area contributed by atoms with E-state index in [2.05, 4.69) is 30.3 Å². The summed E-state index contributed by atoms with van der Waals surface area (Å²) in [5.74, 6) is 0.394. The van der Waals surface area contributed by atoms with Gasteiger partial charge < -0.3 is 9.64 Å². The molecule has 2 aromatic carbocycles. The van der Waals surface area contributed by atoms with Crippen LogP contribution in [0.2, 0.25) is 0 Å². The summed E-state index contributed by atoms with van der Waals surface area (Å²) in [7, 11) is 0. The molecule has 1 amide bonds. The molecule has 0 bridgehead atoms. The lowest BCUT2D eigenvalue weighted by atomic mass is 9.83. The summed E-state index contributed by atoms with van der Waals surface area (Å²) in [6.07, 6.45) is 1.48. The van der Waals surface area contributed by atoms with Crippen molar-refractivity contribution in [2.45, 2.75) is 51.2 Å². The topological polar surface area (TPSA) is 53.3 Å². The third-order valence-electron chi connectivity index (χ3n) is 4.93. The predicted octanol–water partition coefficient (Wildman–Crippen LogP) is 5.41. The Kier molecular flexibility index (Phi) is 5.51. The number of likely N-dealkylation sites (tertiary alicyclic amines) is 1. The maximum Gasteiger partial charge on any atom is 0.410 e. The SMILES string of the molecule is CC(C)(C)OC(=O)N1CC[C@@H](c2ccccc2)C[C@H]1c1ccc(C#N)cc1. The summed E-state index contributed by atoms with van der Waals surface area (Å²) in [5, 5.41) is 9.06. The van der Waals surface area contributed by atoms with Crippen LogP contribution >= 0.6 is 0 Å². The van der Waals surface area contributed by atoms with Gasteiger partial charge in [-0.15, -0.1) is 0 Å². The molecule has 1 aliphatic rings. The monoisotopic (exact) mass is 362 g/mol. The lowest BCUT2D eigenvalue weighted by molar-refractivity contribution is 0.00764. The zero-order chi connectivity index (χ0) is 19.4. The largest absolute Gasteiger partial charge is 0.444 e. The van der Waals surface area contributed by atoms with Crippen LogP contribution < -0.4 is 0 Å². The van der Waals surface area contributed by atoms with Gasteiger partial charge in [-0.3, -0.25) is 0 Å². The summed E-state index contributed by atoms with van der Waals surface area (Å²) in [6, 6.07) is 20.1. The molecule has 2 aromatic rings. The van der Waals surface area contributed by atoms with Crippen LogP contribution in [0.5, 0.6) is 0 Å². The molecule has 0 aromatic heterocycles.